The minimum absolute atomic E-state index is 0.183. The van der Waals surface area contributed by atoms with E-state index < -0.39 is 0 Å². The number of aryl methyl sites for hydroxylation is 1. The summed E-state index contributed by atoms with van der Waals surface area (Å²) in [6.07, 6.45) is 0. The summed E-state index contributed by atoms with van der Waals surface area (Å²) < 4.78 is 0. The van der Waals surface area contributed by atoms with Crippen molar-refractivity contribution in [1.29, 1.82) is 0 Å². The van der Waals surface area contributed by atoms with E-state index in [0.29, 0.717) is 0 Å². The molecule has 0 saturated carbocycles. The molecule has 17 heavy (non-hydrogen) atoms. The second kappa shape index (κ2) is 6.39. The lowest BCUT2D eigenvalue weighted by Crippen LogP contribution is -2.40. The molecule has 3 heteroatoms. The van der Waals surface area contributed by atoms with Gasteiger partial charge in [0, 0.05) is 30.2 Å². The van der Waals surface area contributed by atoms with Crippen molar-refractivity contribution in [3.8, 4) is 0 Å². The molecule has 1 aromatic rings. The van der Waals surface area contributed by atoms with E-state index in [1.54, 1.807) is 0 Å². The maximum Gasteiger partial charge on any atom is 0.0480 e. The van der Waals surface area contributed by atoms with Gasteiger partial charge in [0.05, 0.1) is 0 Å². The van der Waals surface area contributed by atoms with Crippen molar-refractivity contribution in [3.63, 3.8) is 0 Å². The first-order valence-electron chi connectivity index (χ1n) is 6.10. The molecule has 2 N–H and O–H groups in total. The highest BCUT2D eigenvalue weighted by atomic mass is 35.5. The number of halogens is 1. The Morgan fingerprint density at radius 2 is 1.88 bits per heavy atom. The van der Waals surface area contributed by atoms with Crippen molar-refractivity contribution in [2.24, 2.45) is 0 Å². The molecule has 96 valence electrons. The van der Waals surface area contributed by atoms with E-state index in [-0.39, 0.29) is 5.54 Å². The summed E-state index contributed by atoms with van der Waals surface area (Å²) in [7, 11) is 0. The van der Waals surface area contributed by atoms with E-state index in [9.17, 15) is 0 Å². The van der Waals surface area contributed by atoms with E-state index in [1.165, 1.54) is 5.56 Å². The molecule has 0 bridgehead atoms. The molecule has 0 heterocycles. The van der Waals surface area contributed by atoms with E-state index in [2.05, 4.69) is 37.5 Å². The van der Waals surface area contributed by atoms with Crippen LogP contribution in [0.25, 0.3) is 0 Å². The van der Waals surface area contributed by atoms with Crippen LogP contribution in [0, 0.1) is 6.92 Å². The van der Waals surface area contributed by atoms with Crippen LogP contribution in [-0.4, -0.2) is 18.6 Å². The SMILES string of the molecule is Cc1cccc(CNCCNC(C)(C)C)c1Cl. The van der Waals surface area contributed by atoms with Crippen molar-refractivity contribution in [1.82, 2.24) is 10.6 Å². The Bertz CT molecular complexity index is 356. The molecule has 0 saturated heterocycles. The maximum atomic E-state index is 6.22. The Hall–Kier alpha value is -0.570. The lowest BCUT2D eigenvalue weighted by molar-refractivity contribution is 0.421. The molecular weight excluding hydrogens is 232 g/mol. The number of nitrogens with one attached hydrogen (secondary N) is 2. The fourth-order valence-corrected chi connectivity index (χ4v) is 1.79. The first kappa shape index (κ1) is 14.5. The molecule has 0 aliphatic rings. The van der Waals surface area contributed by atoms with Crippen molar-refractivity contribution < 1.29 is 0 Å². The van der Waals surface area contributed by atoms with Gasteiger partial charge in [0.15, 0.2) is 0 Å². The highest BCUT2D eigenvalue weighted by Gasteiger charge is 2.07. The molecule has 0 atom stereocenters. The molecule has 0 aliphatic carbocycles. The van der Waals surface area contributed by atoms with Gasteiger partial charge in [-0.15, -0.1) is 0 Å². The molecule has 1 aromatic carbocycles. The fraction of sp³-hybridized carbons (Fsp3) is 0.571. The summed E-state index contributed by atoms with van der Waals surface area (Å²) in [4.78, 5) is 0. The summed E-state index contributed by atoms with van der Waals surface area (Å²) in [5.74, 6) is 0. The van der Waals surface area contributed by atoms with Crippen molar-refractivity contribution in [2.45, 2.75) is 39.8 Å². The predicted octanol–water partition coefficient (Wildman–Crippen LogP) is 3.13. The highest BCUT2D eigenvalue weighted by molar-refractivity contribution is 6.32. The zero-order chi connectivity index (χ0) is 12.9. The van der Waals surface area contributed by atoms with Crippen LogP contribution in [0.1, 0.15) is 31.9 Å². The van der Waals surface area contributed by atoms with Crippen LogP contribution in [0.15, 0.2) is 18.2 Å². The minimum Gasteiger partial charge on any atom is -0.311 e. The van der Waals surface area contributed by atoms with E-state index >= 15 is 0 Å². The van der Waals surface area contributed by atoms with Crippen molar-refractivity contribution in [2.75, 3.05) is 13.1 Å². The van der Waals surface area contributed by atoms with Gasteiger partial charge < -0.3 is 10.6 Å². The van der Waals surface area contributed by atoms with E-state index in [4.69, 9.17) is 11.6 Å². The van der Waals surface area contributed by atoms with Gasteiger partial charge in [-0.25, -0.2) is 0 Å². The first-order valence-corrected chi connectivity index (χ1v) is 6.48. The van der Waals surface area contributed by atoms with Gasteiger partial charge in [-0.1, -0.05) is 29.8 Å². The number of benzene rings is 1. The minimum atomic E-state index is 0.183. The Labute approximate surface area is 110 Å². The normalized spacial score (nSPS) is 11.8. The van der Waals surface area contributed by atoms with Crippen LogP contribution < -0.4 is 10.6 Å². The average Bonchev–Trinajstić information content (AvgIpc) is 2.22. The second-order valence-corrected chi connectivity index (χ2v) is 5.78. The topological polar surface area (TPSA) is 24.1 Å². The van der Waals surface area contributed by atoms with E-state index in [1.807, 2.05) is 19.1 Å². The second-order valence-electron chi connectivity index (χ2n) is 5.40. The number of rotatable bonds is 5. The molecule has 0 radical (unpaired) electrons. The molecule has 0 aromatic heterocycles. The van der Waals surface area contributed by atoms with Crippen molar-refractivity contribution in [3.05, 3.63) is 34.3 Å². The Kier molecular flexibility index (Phi) is 5.44. The van der Waals surface area contributed by atoms with Crippen LogP contribution in [0.2, 0.25) is 5.02 Å². The Morgan fingerprint density at radius 3 is 2.53 bits per heavy atom. The van der Waals surface area contributed by atoms with Gasteiger partial charge in [-0.2, -0.15) is 0 Å². The molecule has 0 amide bonds. The number of hydrogen-bond donors (Lipinski definition) is 2. The lowest BCUT2D eigenvalue weighted by atomic mass is 10.1. The van der Waals surface area contributed by atoms with Gasteiger partial charge in [-0.05, 0) is 38.8 Å². The predicted molar refractivity (Wildman–Crippen MR) is 75.7 cm³/mol. The van der Waals surface area contributed by atoms with Crippen LogP contribution >= 0.6 is 11.6 Å². The van der Waals surface area contributed by atoms with Crippen LogP contribution in [0.4, 0.5) is 0 Å². The Balaban J connectivity index is 2.29. The quantitative estimate of drug-likeness (QED) is 0.789. The molecule has 1 rings (SSSR count). The first-order chi connectivity index (χ1) is 7.90. The summed E-state index contributed by atoms with van der Waals surface area (Å²) in [5.41, 5.74) is 2.49. The standard InChI is InChI=1S/C14H23ClN2/c1-11-6-5-7-12(13(11)15)10-16-8-9-17-14(2,3)4/h5-7,16-17H,8-10H2,1-4H3. The number of hydrogen-bond acceptors (Lipinski definition) is 2. The zero-order valence-electron chi connectivity index (χ0n) is 11.2. The van der Waals surface area contributed by atoms with Gasteiger partial charge in [-0.3, -0.25) is 0 Å². The van der Waals surface area contributed by atoms with Gasteiger partial charge in [0.2, 0.25) is 0 Å². The third-order valence-corrected chi connectivity index (χ3v) is 3.09. The third kappa shape index (κ3) is 5.53. The van der Waals surface area contributed by atoms with Gasteiger partial charge in [0.25, 0.3) is 0 Å². The fourth-order valence-electron chi connectivity index (χ4n) is 1.59. The summed E-state index contributed by atoms with van der Waals surface area (Å²) in [6, 6.07) is 6.15. The summed E-state index contributed by atoms with van der Waals surface area (Å²) in [6.45, 7) is 11.3. The van der Waals surface area contributed by atoms with Crippen LogP contribution in [0.3, 0.4) is 0 Å². The smallest absolute Gasteiger partial charge is 0.0480 e. The van der Waals surface area contributed by atoms with Gasteiger partial charge in [0.1, 0.15) is 0 Å². The summed E-state index contributed by atoms with van der Waals surface area (Å²) >= 11 is 6.22. The van der Waals surface area contributed by atoms with Crippen LogP contribution in [0.5, 0.6) is 0 Å². The molecule has 0 unspecified atom stereocenters. The van der Waals surface area contributed by atoms with Crippen LogP contribution in [-0.2, 0) is 6.54 Å². The Morgan fingerprint density at radius 1 is 1.18 bits per heavy atom. The molecule has 0 spiro atoms. The molecular formula is C14H23ClN2. The molecule has 0 aliphatic heterocycles. The lowest BCUT2D eigenvalue weighted by Gasteiger charge is -2.20. The molecule has 2 nitrogen and oxygen atoms in total. The monoisotopic (exact) mass is 254 g/mol. The molecule has 0 fully saturated rings. The zero-order valence-corrected chi connectivity index (χ0v) is 12.0. The highest BCUT2D eigenvalue weighted by Crippen LogP contribution is 2.19. The third-order valence-electron chi connectivity index (χ3n) is 2.54. The van der Waals surface area contributed by atoms with Crippen molar-refractivity contribution >= 4 is 11.6 Å². The average molecular weight is 255 g/mol. The largest absolute Gasteiger partial charge is 0.311 e. The van der Waals surface area contributed by atoms with Gasteiger partial charge >= 0.3 is 0 Å². The maximum absolute atomic E-state index is 6.22. The van der Waals surface area contributed by atoms with E-state index in [0.717, 1.165) is 30.2 Å². The summed E-state index contributed by atoms with van der Waals surface area (Å²) in [5, 5.41) is 7.71.